The Morgan fingerprint density at radius 3 is 2.74 bits per heavy atom. The number of hydrogen-bond donors (Lipinski definition) is 1. The molecule has 1 N–H and O–H groups in total. The number of para-hydroxylation sites is 1. The SMILES string of the molecule is CC(C)CN(C(=O)CN1C(=O)N[C@]2(CCOc3ccccc32)C1=O)[C@@H]1CCS(=O)(=O)C1. The molecule has 2 fully saturated rings. The van der Waals surface area contributed by atoms with Crippen LogP contribution in [0.4, 0.5) is 4.79 Å². The lowest BCUT2D eigenvalue weighted by molar-refractivity contribution is -0.141. The molecule has 168 valence electrons. The van der Waals surface area contributed by atoms with E-state index >= 15 is 0 Å². The standard InChI is InChI=1S/C21H27N3O6S/c1-14(2)11-23(15-7-10-31(28,29)13-15)18(25)12-24-19(26)21(22-20(24)27)8-9-30-17-6-4-3-5-16(17)21/h3-6,14-15H,7-13H2,1-2H3,(H,22,27)/t15-,21+/m1/s1. The van der Waals surface area contributed by atoms with Crippen molar-refractivity contribution in [1.82, 2.24) is 15.1 Å². The predicted molar refractivity (Wildman–Crippen MR) is 112 cm³/mol. The summed E-state index contributed by atoms with van der Waals surface area (Å²) in [6.07, 6.45) is 0.644. The topological polar surface area (TPSA) is 113 Å². The molecule has 0 aromatic heterocycles. The second kappa shape index (κ2) is 7.81. The van der Waals surface area contributed by atoms with Gasteiger partial charge in [0.25, 0.3) is 5.91 Å². The van der Waals surface area contributed by atoms with Crippen molar-refractivity contribution in [2.24, 2.45) is 5.92 Å². The summed E-state index contributed by atoms with van der Waals surface area (Å²) >= 11 is 0. The number of carbonyl (C=O) groups excluding carboxylic acids is 3. The summed E-state index contributed by atoms with van der Waals surface area (Å²) in [4.78, 5) is 41.8. The van der Waals surface area contributed by atoms with Crippen molar-refractivity contribution >= 4 is 27.7 Å². The zero-order valence-electron chi connectivity index (χ0n) is 17.7. The Hall–Kier alpha value is -2.62. The van der Waals surface area contributed by atoms with E-state index in [1.165, 1.54) is 4.90 Å². The Bertz CT molecular complexity index is 1020. The highest BCUT2D eigenvalue weighted by atomic mass is 32.2. The second-order valence-corrected chi connectivity index (χ2v) is 11.0. The largest absolute Gasteiger partial charge is 0.493 e. The number of ether oxygens (including phenoxy) is 1. The third-order valence-corrected chi connectivity index (χ3v) is 7.83. The molecule has 3 aliphatic heterocycles. The Labute approximate surface area is 181 Å². The van der Waals surface area contributed by atoms with Crippen molar-refractivity contribution in [1.29, 1.82) is 0 Å². The first-order chi connectivity index (χ1) is 14.6. The van der Waals surface area contributed by atoms with Gasteiger partial charge in [-0.1, -0.05) is 32.0 Å². The highest BCUT2D eigenvalue weighted by Gasteiger charge is 2.55. The molecular formula is C21H27N3O6S. The number of benzene rings is 1. The van der Waals surface area contributed by atoms with Crippen LogP contribution in [-0.4, -0.2) is 73.3 Å². The number of carbonyl (C=O) groups is 3. The van der Waals surface area contributed by atoms with Crippen LogP contribution in [0.5, 0.6) is 5.75 Å². The van der Waals surface area contributed by atoms with Gasteiger partial charge in [0.15, 0.2) is 15.4 Å². The number of sulfone groups is 1. The van der Waals surface area contributed by atoms with Gasteiger partial charge >= 0.3 is 6.03 Å². The molecule has 10 heteroatoms. The maximum atomic E-state index is 13.4. The molecule has 0 aliphatic carbocycles. The molecule has 31 heavy (non-hydrogen) atoms. The second-order valence-electron chi connectivity index (χ2n) is 8.82. The lowest BCUT2D eigenvalue weighted by atomic mass is 9.84. The van der Waals surface area contributed by atoms with E-state index in [-0.39, 0.29) is 30.5 Å². The lowest BCUT2D eigenvalue weighted by Gasteiger charge is -2.33. The molecule has 1 spiro atoms. The molecule has 2 atom stereocenters. The minimum Gasteiger partial charge on any atom is -0.493 e. The molecule has 0 saturated carbocycles. The fraction of sp³-hybridized carbons (Fsp3) is 0.571. The number of amides is 4. The zero-order valence-corrected chi connectivity index (χ0v) is 18.5. The van der Waals surface area contributed by atoms with Gasteiger partial charge in [0.2, 0.25) is 5.91 Å². The van der Waals surface area contributed by atoms with Crippen molar-refractivity contribution in [3.63, 3.8) is 0 Å². The van der Waals surface area contributed by atoms with Crippen LogP contribution in [0.25, 0.3) is 0 Å². The van der Waals surface area contributed by atoms with E-state index in [0.29, 0.717) is 24.3 Å². The summed E-state index contributed by atoms with van der Waals surface area (Å²) < 4.78 is 29.5. The highest BCUT2D eigenvalue weighted by Crippen LogP contribution is 2.41. The summed E-state index contributed by atoms with van der Waals surface area (Å²) in [5.41, 5.74) is -0.665. The number of rotatable bonds is 5. The monoisotopic (exact) mass is 449 g/mol. The molecule has 1 aromatic rings. The highest BCUT2D eigenvalue weighted by molar-refractivity contribution is 7.91. The van der Waals surface area contributed by atoms with Crippen molar-refractivity contribution < 1.29 is 27.5 Å². The smallest absolute Gasteiger partial charge is 0.325 e. The predicted octanol–water partition coefficient (Wildman–Crippen LogP) is 0.888. The third-order valence-electron chi connectivity index (χ3n) is 6.08. The summed E-state index contributed by atoms with van der Waals surface area (Å²) in [6, 6.07) is 5.99. The molecular weight excluding hydrogens is 422 g/mol. The van der Waals surface area contributed by atoms with Gasteiger partial charge in [-0.25, -0.2) is 13.2 Å². The molecule has 3 heterocycles. The number of fused-ring (bicyclic) bond motifs is 2. The normalized spacial score (nSPS) is 26.7. The van der Waals surface area contributed by atoms with Crippen molar-refractivity contribution in [2.75, 3.05) is 31.2 Å². The maximum absolute atomic E-state index is 13.4. The average Bonchev–Trinajstić information content (AvgIpc) is 3.18. The summed E-state index contributed by atoms with van der Waals surface area (Å²) in [7, 11) is -3.18. The molecule has 1 aromatic carbocycles. The van der Waals surface area contributed by atoms with E-state index in [9.17, 15) is 22.8 Å². The molecule has 9 nitrogen and oxygen atoms in total. The first-order valence-electron chi connectivity index (χ1n) is 10.5. The van der Waals surface area contributed by atoms with Crippen molar-refractivity contribution in [3.8, 4) is 5.75 Å². The summed E-state index contributed by atoms with van der Waals surface area (Å²) in [6.45, 7) is 4.09. The van der Waals surface area contributed by atoms with E-state index in [1.807, 2.05) is 13.8 Å². The van der Waals surface area contributed by atoms with Gasteiger partial charge in [-0.2, -0.15) is 0 Å². The van der Waals surface area contributed by atoms with Gasteiger partial charge in [0, 0.05) is 24.6 Å². The van der Waals surface area contributed by atoms with Crippen LogP contribution >= 0.6 is 0 Å². The van der Waals surface area contributed by atoms with Crippen LogP contribution < -0.4 is 10.1 Å². The Balaban J connectivity index is 1.57. The molecule has 2 saturated heterocycles. The first kappa shape index (κ1) is 21.6. The van der Waals surface area contributed by atoms with Gasteiger partial charge in [-0.3, -0.25) is 14.5 Å². The molecule has 4 rings (SSSR count). The van der Waals surface area contributed by atoms with Crippen LogP contribution in [0.2, 0.25) is 0 Å². The number of imide groups is 1. The van der Waals surface area contributed by atoms with Crippen molar-refractivity contribution in [2.45, 2.75) is 38.3 Å². The van der Waals surface area contributed by atoms with E-state index in [4.69, 9.17) is 4.74 Å². The molecule has 4 amide bonds. The molecule has 0 unspecified atom stereocenters. The molecule has 0 radical (unpaired) electrons. The third kappa shape index (κ3) is 3.88. The average molecular weight is 450 g/mol. The van der Waals surface area contributed by atoms with Gasteiger partial charge in [0.1, 0.15) is 12.3 Å². The van der Waals surface area contributed by atoms with Crippen LogP contribution in [0, 0.1) is 5.92 Å². The Morgan fingerprint density at radius 2 is 2.06 bits per heavy atom. The van der Waals surface area contributed by atoms with Gasteiger partial charge in [-0.15, -0.1) is 0 Å². The van der Waals surface area contributed by atoms with E-state index in [0.717, 1.165) is 4.90 Å². The molecule has 3 aliphatic rings. The lowest BCUT2D eigenvalue weighted by Crippen LogP contribution is -2.50. The van der Waals surface area contributed by atoms with Crippen LogP contribution in [0.1, 0.15) is 32.3 Å². The van der Waals surface area contributed by atoms with Crippen LogP contribution in [0.3, 0.4) is 0 Å². The van der Waals surface area contributed by atoms with E-state index in [1.54, 1.807) is 24.3 Å². The van der Waals surface area contributed by atoms with Crippen LogP contribution in [0.15, 0.2) is 24.3 Å². The minimum absolute atomic E-state index is 0.0442. The van der Waals surface area contributed by atoms with E-state index < -0.39 is 45.8 Å². The molecule has 0 bridgehead atoms. The summed E-state index contributed by atoms with van der Waals surface area (Å²) in [5, 5.41) is 2.78. The van der Waals surface area contributed by atoms with Gasteiger partial charge in [-0.05, 0) is 18.4 Å². The van der Waals surface area contributed by atoms with Crippen molar-refractivity contribution in [3.05, 3.63) is 29.8 Å². The first-order valence-corrected chi connectivity index (χ1v) is 12.3. The number of urea groups is 1. The maximum Gasteiger partial charge on any atom is 0.325 e. The van der Waals surface area contributed by atoms with Gasteiger partial charge < -0.3 is 15.0 Å². The Kier molecular flexibility index (Phi) is 5.45. The van der Waals surface area contributed by atoms with Crippen LogP contribution in [-0.2, 0) is 25.0 Å². The van der Waals surface area contributed by atoms with Gasteiger partial charge in [0.05, 0.1) is 18.1 Å². The zero-order chi connectivity index (χ0) is 22.4. The Morgan fingerprint density at radius 1 is 1.32 bits per heavy atom. The number of nitrogens with one attached hydrogen (secondary N) is 1. The fourth-order valence-electron chi connectivity index (χ4n) is 4.61. The fourth-order valence-corrected chi connectivity index (χ4v) is 6.34. The summed E-state index contributed by atoms with van der Waals surface area (Å²) in [5.74, 6) is -0.290. The minimum atomic E-state index is -3.18. The van der Waals surface area contributed by atoms with E-state index in [2.05, 4.69) is 5.32 Å². The quantitative estimate of drug-likeness (QED) is 0.668. The number of nitrogens with zero attached hydrogens (tertiary/aromatic N) is 2. The number of hydrogen-bond acceptors (Lipinski definition) is 6.